The van der Waals surface area contributed by atoms with Crippen molar-refractivity contribution in [2.24, 2.45) is 0 Å². The molecule has 8 heteroatoms. The number of thiophene rings is 1. The van der Waals surface area contributed by atoms with Gasteiger partial charge >= 0.3 is 0 Å². The Morgan fingerprint density at radius 2 is 1.96 bits per heavy atom. The third kappa shape index (κ3) is 4.32. The quantitative estimate of drug-likeness (QED) is 0.768. The Morgan fingerprint density at radius 1 is 1.20 bits per heavy atom. The Morgan fingerprint density at radius 3 is 2.68 bits per heavy atom. The molecule has 1 amide bonds. The molecule has 2 heterocycles. The summed E-state index contributed by atoms with van der Waals surface area (Å²) in [5.74, 6) is 0.528. The maximum Gasteiger partial charge on any atom is 0.223 e. The van der Waals surface area contributed by atoms with Crippen molar-refractivity contribution in [3.8, 4) is 11.5 Å². The Labute approximate surface area is 150 Å². The van der Waals surface area contributed by atoms with Gasteiger partial charge in [-0.15, -0.1) is 11.3 Å². The number of amides is 1. The van der Waals surface area contributed by atoms with E-state index in [4.69, 9.17) is 9.47 Å². The zero-order valence-electron chi connectivity index (χ0n) is 13.8. The second-order valence-electron chi connectivity index (χ2n) is 5.70. The average molecular weight is 381 g/mol. The second-order valence-corrected chi connectivity index (χ2v) is 8.84. The monoisotopic (exact) mass is 381 g/mol. The van der Waals surface area contributed by atoms with Crippen molar-refractivity contribution in [3.05, 3.63) is 40.6 Å². The van der Waals surface area contributed by atoms with Crippen LogP contribution in [0.25, 0.3) is 0 Å². The molecule has 0 radical (unpaired) electrons. The molecule has 0 fully saturated rings. The molecular weight excluding hydrogens is 362 g/mol. The normalized spacial score (nSPS) is 13.5. The van der Waals surface area contributed by atoms with Gasteiger partial charge in [-0.3, -0.25) is 4.79 Å². The van der Waals surface area contributed by atoms with Gasteiger partial charge in [0.15, 0.2) is 21.3 Å². The summed E-state index contributed by atoms with van der Waals surface area (Å²) >= 11 is 1.56. The molecule has 3 rings (SSSR count). The predicted molar refractivity (Wildman–Crippen MR) is 94.9 cm³/mol. The molecule has 1 aliphatic rings. The number of rotatable bonds is 6. The molecule has 0 bridgehead atoms. The van der Waals surface area contributed by atoms with Crippen LogP contribution in [0.3, 0.4) is 0 Å². The fourth-order valence-corrected chi connectivity index (χ4v) is 4.47. The van der Waals surface area contributed by atoms with Gasteiger partial charge in [-0.1, -0.05) is 6.07 Å². The van der Waals surface area contributed by atoms with Gasteiger partial charge in [0.2, 0.25) is 5.91 Å². The first-order valence-electron chi connectivity index (χ1n) is 7.84. The average Bonchev–Trinajstić information content (AvgIpc) is 3.12. The van der Waals surface area contributed by atoms with Crippen molar-refractivity contribution in [3.63, 3.8) is 0 Å². The number of fused-ring (bicyclic) bond motifs is 1. The minimum absolute atomic E-state index is 0.0569. The summed E-state index contributed by atoms with van der Waals surface area (Å²) in [6, 6.07) is 8.41. The van der Waals surface area contributed by atoms with E-state index in [1.165, 1.54) is 12.1 Å². The predicted octanol–water partition coefficient (Wildman–Crippen LogP) is 2.34. The van der Waals surface area contributed by atoms with Crippen LogP contribution >= 0.6 is 11.3 Å². The standard InChI is InChI=1S/C17H19NO5S2/c1-18(12-13-3-2-9-24-13)17(19)6-10-25(20,21)14-4-5-15-16(11-14)23-8-7-22-15/h2-5,9,11H,6-8,10,12H2,1H3. The van der Waals surface area contributed by atoms with Crippen molar-refractivity contribution in [2.45, 2.75) is 17.9 Å². The largest absolute Gasteiger partial charge is 0.486 e. The molecule has 134 valence electrons. The van der Waals surface area contributed by atoms with E-state index in [1.54, 1.807) is 29.4 Å². The maximum absolute atomic E-state index is 12.5. The number of sulfone groups is 1. The van der Waals surface area contributed by atoms with Crippen LogP contribution in [0.15, 0.2) is 40.6 Å². The highest BCUT2D eigenvalue weighted by molar-refractivity contribution is 7.91. The third-order valence-electron chi connectivity index (χ3n) is 3.86. The molecule has 0 saturated heterocycles. The van der Waals surface area contributed by atoms with E-state index in [2.05, 4.69) is 0 Å². The zero-order valence-corrected chi connectivity index (χ0v) is 15.4. The van der Waals surface area contributed by atoms with Crippen LogP contribution in [-0.4, -0.2) is 45.2 Å². The molecular formula is C17H19NO5S2. The lowest BCUT2D eigenvalue weighted by molar-refractivity contribution is -0.129. The highest BCUT2D eigenvalue weighted by Crippen LogP contribution is 2.32. The molecule has 2 aromatic rings. The van der Waals surface area contributed by atoms with Gasteiger partial charge in [0, 0.05) is 24.4 Å². The van der Waals surface area contributed by atoms with E-state index in [0.717, 1.165) is 4.88 Å². The fourth-order valence-electron chi connectivity index (χ4n) is 2.47. The molecule has 0 aliphatic carbocycles. The van der Waals surface area contributed by atoms with Gasteiger partial charge in [-0.25, -0.2) is 8.42 Å². The highest BCUT2D eigenvalue weighted by Gasteiger charge is 2.21. The van der Waals surface area contributed by atoms with E-state index >= 15 is 0 Å². The lowest BCUT2D eigenvalue weighted by Crippen LogP contribution is -2.27. The first kappa shape index (κ1) is 17.8. The van der Waals surface area contributed by atoms with E-state index in [-0.39, 0.29) is 23.0 Å². The minimum Gasteiger partial charge on any atom is -0.486 e. The van der Waals surface area contributed by atoms with E-state index in [1.807, 2.05) is 17.5 Å². The molecule has 0 N–H and O–H groups in total. The number of nitrogens with zero attached hydrogens (tertiary/aromatic N) is 1. The Hall–Kier alpha value is -2.06. The Bertz CT molecular complexity index is 846. The fraction of sp³-hybridized carbons (Fsp3) is 0.353. The number of benzene rings is 1. The van der Waals surface area contributed by atoms with Crippen molar-refractivity contribution in [1.29, 1.82) is 0 Å². The van der Waals surface area contributed by atoms with Crippen molar-refractivity contribution in [2.75, 3.05) is 26.0 Å². The SMILES string of the molecule is CN(Cc1cccs1)C(=O)CCS(=O)(=O)c1ccc2c(c1)OCCO2. The molecule has 0 spiro atoms. The molecule has 0 saturated carbocycles. The number of hydrogen-bond acceptors (Lipinski definition) is 6. The maximum atomic E-state index is 12.5. The first-order chi connectivity index (χ1) is 12.0. The lowest BCUT2D eigenvalue weighted by atomic mass is 10.3. The van der Waals surface area contributed by atoms with Gasteiger partial charge in [0.25, 0.3) is 0 Å². The summed E-state index contributed by atoms with van der Waals surface area (Å²) in [5, 5.41) is 1.94. The Kier molecular flexibility index (Phi) is 5.29. The van der Waals surface area contributed by atoms with Crippen molar-refractivity contribution in [1.82, 2.24) is 4.90 Å². The number of ether oxygens (including phenoxy) is 2. The van der Waals surface area contributed by atoms with E-state index in [9.17, 15) is 13.2 Å². The molecule has 6 nitrogen and oxygen atoms in total. The summed E-state index contributed by atoms with van der Waals surface area (Å²) in [7, 11) is -1.89. The summed E-state index contributed by atoms with van der Waals surface area (Å²) in [5.41, 5.74) is 0. The van der Waals surface area contributed by atoms with Crippen LogP contribution in [0, 0.1) is 0 Å². The molecule has 0 unspecified atom stereocenters. The van der Waals surface area contributed by atoms with E-state index < -0.39 is 9.84 Å². The molecule has 1 aromatic heterocycles. The van der Waals surface area contributed by atoms with Crippen LogP contribution < -0.4 is 9.47 Å². The molecule has 0 atom stereocenters. The summed E-state index contributed by atoms with van der Waals surface area (Å²) in [6.45, 7) is 1.33. The zero-order chi connectivity index (χ0) is 17.9. The summed E-state index contributed by atoms with van der Waals surface area (Å²) in [6.07, 6.45) is -0.0569. The van der Waals surface area contributed by atoms with E-state index in [0.29, 0.717) is 31.3 Å². The Balaban J connectivity index is 1.62. The third-order valence-corrected chi connectivity index (χ3v) is 6.43. The number of carbonyl (C=O) groups excluding carboxylic acids is 1. The van der Waals surface area contributed by atoms with Crippen molar-refractivity contribution >= 4 is 27.1 Å². The van der Waals surface area contributed by atoms with Crippen LogP contribution in [0.1, 0.15) is 11.3 Å². The topological polar surface area (TPSA) is 72.9 Å². The van der Waals surface area contributed by atoms with Gasteiger partial charge in [0.05, 0.1) is 17.2 Å². The van der Waals surface area contributed by atoms with Crippen LogP contribution in [-0.2, 0) is 21.2 Å². The molecule has 1 aliphatic heterocycles. The van der Waals surface area contributed by atoms with Gasteiger partial charge in [-0.05, 0) is 23.6 Å². The van der Waals surface area contributed by atoms with Crippen LogP contribution in [0.2, 0.25) is 0 Å². The summed E-state index contributed by atoms with van der Waals surface area (Å²) in [4.78, 5) is 15.0. The number of carbonyl (C=O) groups is 1. The van der Waals surface area contributed by atoms with Crippen molar-refractivity contribution < 1.29 is 22.7 Å². The second kappa shape index (κ2) is 7.45. The smallest absolute Gasteiger partial charge is 0.223 e. The molecule has 25 heavy (non-hydrogen) atoms. The van der Waals surface area contributed by atoms with Gasteiger partial charge in [0.1, 0.15) is 13.2 Å². The van der Waals surface area contributed by atoms with Crippen LogP contribution in [0.4, 0.5) is 0 Å². The van der Waals surface area contributed by atoms with Crippen LogP contribution in [0.5, 0.6) is 11.5 Å². The minimum atomic E-state index is -3.56. The van der Waals surface area contributed by atoms with Gasteiger partial charge in [-0.2, -0.15) is 0 Å². The first-order valence-corrected chi connectivity index (χ1v) is 10.4. The lowest BCUT2D eigenvalue weighted by Gasteiger charge is -2.19. The number of hydrogen-bond donors (Lipinski definition) is 0. The summed E-state index contributed by atoms with van der Waals surface area (Å²) < 4.78 is 35.8. The van der Waals surface area contributed by atoms with Gasteiger partial charge < -0.3 is 14.4 Å². The molecule has 1 aromatic carbocycles. The highest BCUT2D eigenvalue weighted by atomic mass is 32.2.